The number of rotatable bonds is 5. The van der Waals surface area contributed by atoms with Gasteiger partial charge in [-0.05, 0) is 30.9 Å². The zero-order valence-electron chi connectivity index (χ0n) is 14.0. The maximum Gasteiger partial charge on any atom is 0.239 e. The minimum absolute atomic E-state index is 0.0151. The predicted octanol–water partition coefficient (Wildman–Crippen LogP) is 2.24. The van der Waals surface area contributed by atoms with Crippen molar-refractivity contribution in [2.75, 3.05) is 18.4 Å². The number of anilines is 1. The molecule has 0 bridgehead atoms. The molecule has 2 rings (SSSR count). The van der Waals surface area contributed by atoms with E-state index < -0.39 is 6.04 Å². The van der Waals surface area contributed by atoms with Crippen LogP contribution in [-0.4, -0.2) is 35.8 Å². The summed E-state index contributed by atoms with van der Waals surface area (Å²) in [5.74, 6) is 0.191. The molecule has 1 aromatic carbocycles. The van der Waals surface area contributed by atoms with Crippen molar-refractivity contribution >= 4 is 17.5 Å². The Balaban J connectivity index is 1.83. The first-order valence-electron chi connectivity index (χ1n) is 8.43. The number of nitrogens with one attached hydrogen (secondary N) is 1. The molecule has 0 aromatic heterocycles. The van der Waals surface area contributed by atoms with E-state index in [1.165, 1.54) is 0 Å². The standard InChI is InChI=1S/C18H27N3O2/c1-3-13(2)16(19)18(23)21-11-9-14(10-12-21)17(22)20-15-7-5-4-6-8-15/h4-8,13-14,16H,3,9-12,19H2,1-2H3,(H,20,22). The number of para-hydroxylation sites is 1. The summed E-state index contributed by atoms with van der Waals surface area (Å²) in [6.45, 7) is 5.26. The quantitative estimate of drug-likeness (QED) is 0.874. The second-order valence-electron chi connectivity index (χ2n) is 6.37. The first-order valence-corrected chi connectivity index (χ1v) is 8.43. The van der Waals surface area contributed by atoms with E-state index in [1.807, 2.05) is 49.1 Å². The Morgan fingerprint density at radius 1 is 1.26 bits per heavy atom. The lowest BCUT2D eigenvalue weighted by Gasteiger charge is -2.34. The van der Waals surface area contributed by atoms with Gasteiger partial charge in [-0.2, -0.15) is 0 Å². The summed E-state index contributed by atoms with van der Waals surface area (Å²) in [5, 5.41) is 2.94. The monoisotopic (exact) mass is 317 g/mol. The Hall–Kier alpha value is -1.88. The van der Waals surface area contributed by atoms with Crippen LogP contribution >= 0.6 is 0 Å². The van der Waals surface area contributed by atoms with Crippen LogP contribution in [0.4, 0.5) is 5.69 Å². The Morgan fingerprint density at radius 2 is 1.87 bits per heavy atom. The van der Waals surface area contributed by atoms with Crippen LogP contribution in [0.15, 0.2) is 30.3 Å². The highest BCUT2D eigenvalue weighted by Crippen LogP contribution is 2.21. The van der Waals surface area contributed by atoms with Gasteiger partial charge in [-0.1, -0.05) is 38.5 Å². The first kappa shape index (κ1) is 17.5. The molecule has 1 aliphatic heterocycles. The zero-order chi connectivity index (χ0) is 16.8. The van der Waals surface area contributed by atoms with Crippen LogP contribution in [0.3, 0.4) is 0 Å². The van der Waals surface area contributed by atoms with Gasteiger partial charge in [-0.15, -0.1) is 0 Å². The van der Waals surface area contributed by atoms with Gasteiger partial charge in [0.05, 0.1) is 6.04 Å². The topological polar surface area (TPSA) is 75.4 Å². The number of likely N-dealkylation sites (tertiary alicyclic amines) is 1. The van der Waals surface area contributed by atoms with Gasteiger partial charge in [-0.25, -0.2) is 0 Å². The maximum atomic E-state index is 12.4. The van der Waals surface area contributed by atoms with E-state index in [0.717, 1.165) is 12.1 Å². The van der Waals surface area contributed by atoms with Gasteiger partial charge < -0.3 is 16.0 Å². The fourth-order valence-corrected chi connectivity index (χ4v) is 2.84. The molecule has 1 heterocycles. The van der Waals surface area contributed by atoms with Crippen LogP contribution in [0.2, 0.25) is 0 Å². The van der Waals surface area contributed by atoms with Crippen LogP contribution < -0.4 is 11.1 Å². The number of benzene rings is 1. The largest absolute Gasteiger partial charge is 0.341 e. The highest BCUT2D eigenvalue weighted by molar-refractivity contribution is 5.92. The fraction of sp³-hybridized carbons (Fsp3) is 0.556. The lowest BCUT2D eigenvalue weighted by Crippen LogP contribution is -2.50. The molecule has 1 fully saturated rings. The normalized spacial score (nSPS) is 18.3. The van der Waals surface area contributed by atoms with Crippen molar-refractivity contribution in [2.45, 2.75) is 39.2 Å². The molecule has 3 N–H and O–H groups in total. The van der Waals surface area contributed by atoms with Gasteiger partial charge in [0.1, 0.15) is 0 Å². The van der Waals surface area contributed by atoms with Gasteiger partial charge in [0.25, 0.3) is 0 Å². The highest BCUT2D eigenvalue weighted by Gasteiger charge is 2.30. The second kappa shape index (κ2) is 8.11. The van der Waals surface area contributed by atoms with E-state index in [2.05, 4.69) is 5.32 Å². The van der Waals surface area contributed by atoms with Crippen LogP contribution in [0.25, 0.3) is 0 Å². The Bertz CT molecular complexity index is 524. The summed E-state index contributed by atoms with van der Waals surface area (Å²) < 4.78 is 0. The number of nitrogens with zero attached hydrogens (tertiary/aromatic N) is 1. The van der Waals surface area contributed by atoms with Crippen LogP contribution in [0.5, 0.6) is 0 Å². The molecule has 2 amide bonds. The molecule has 0 radical (unpaired) electrons. The average Bonchev–Trinajstić information content (AvgIpc) is 2.60. The van der Waals surface area contributed by atoms with Crippen molar-refractivity contribution in [3.05, 3.63) is 30.3 Å². The minimum atomic E-state index is -0.435. The van der Waals surface area contributed by atoms with Crippen LogP contribution in [-0.2, 0) is 9.59 Å². The number of piperidine rings is 1. The molecular formula is C18H27N3O2. The summed E-state index contributed by atoms with van der Waals surface area (Å²) >= 11 is 0. The van der Waals surface area contributed by atoms with Gasteiger partial charge in [-0.3, -0.25) is 9.59 Å². The summed E-state index contributed by atoms with van der Waals surface area (Å²) in [5.41, 5.74) is 6.84. The van der Waals surface area contributed by atoms with Crippen molar-refractivity contribution in [3.63, 3.8) is 0 Å². The third-order valence-corrected chi connectivity index (χ3v) is 4.76. The molecule has 23 heavy (non-hydrogen) atoms. The van der Waals surface area contributed by atoms with Gasteiger partial charge >= 0.3 is 0 Å². The van der Waals surface area contributed by atoms with Gasteiger partial charge in [0.2, 0.25) is 11.8 Å². The summed E-state index contributed by atoms with van der Waals surface area (Å²) in [6.07, 6.45) is 2.28. The molecule has 5 heteroatoms. The van der Waals surface area contributed by atoms with Crippen molar-refractivity contribution in [3.8, 4) is 0 Å². The molecule has 0 aliphatic carbocycles. The summed E-state index contributed by atoms with van der Waals surface area (Å²) in [6, 6.07) is 9.03. The van der Waals surface area contributed by atoms with Crippen molar-refractivity contribution < 1.29 is 9.59 Å². The molecule has 1 aliphatic rings. The Kier molecular flexibility index (Phi) is 6.16. The molecule has 1 aromatic rings. The zero-order valence-corrected chi connectivity index (χ0v) is 14.0. The third kappa shape index (κ3) is 4.55. The van der Waals surface area contributed by atoms with E-state index in [9.17, 15) is 9.59 Å². The van der Waals surface area contributed by atoms with Gasteiger partial charge in [0.15, 0.2) is 0 Å². The number of hydrogen-bond donors (Lipinski definition) is 2. The molecule has 0 spiro atoms. The number of hydrogen-bond acceptors (Lipinski definition) is 3. The van der Waals surface area contributed by atoms with Crippen molar-refractivity contribution in [1.82, 2.24) is 4.90 Å². The Morgan fingerprint density at radius 3 is 2.43 bits per heavy atom. The number of amides is 2. The van der Waals surface area contributed by atoms with Crippen LogP contribution in [0, 0.1) is 11.8 Å². The molecule has 5 nitrogen and oxygen atoms in total. The number of nitrogens with two attached hydrogens (primary N) is 1. The SMILES string of the molecule is CCC(C)C(N)C(=O)N1CCC(C(=O)Nc2ccccc2)CC1. The van der Waals surface area contributed by atoms with Crippen molar-refractivity contribution in [1.29, 1.82) is 0 Å². The maximum absolute atomic E-state index is 12.4. The van der Waals surface area contributed by atoms with E-state index in [4.69, 9.17) is 5.73 Å². The van der Waals surface area contributed by atoms with E-state index in [-0.39, 0.29) is 23.7 Å². The predicted molar refractivity (Wildman–Crippen MR) is 91.8 cm³/mol. The molecule has 2 unspecified atom stereocenters. The minimum Gasteiger partial charge on any atom is -0.341 e. The lowest BCUT2D eigenvalue weighted by molar-refractivity contribution is -0.136. The lowest BCUT2D eigenvalue weighted by atomic mass is 9.93. The molecule has 1 saturated heterocycles. The summed E-state index contributed by atoms with van der Waals surface area (Å²) in [4.78, 5) is 26.5. The second-order valence-corrected chi connectivity index (χ2v) is 6.37. The molecule has 0 saturated carbocycles. The van der Waals surface area contributed by atoms with E-state index in [0.29, 0.717) is 25.9 Å². The van der Waals surface area contributed by atoms with E-state index >= 15 is 0 Å². The molecular weight excluding hydrogens is 290 g/mol. The third-order valence-electron chi connectivity index (χ3n) is 4.76. The van der Waals surface area contributed by atoms with Gasteiger partial charge in [0, 0.05) is 24.7 Å². The number of carbonyl (C=O) groups is 2. The highest BCUT2D eigenvalue weighted by atomic mass is 16.2. The summed E-state index contributed by atoms with van der Waals surface area (Å²) in [7, 11) is 0. The Labute approximate surface area is 138 Å². The average molecular weight is 317 g/mol. The van der Waals surface area contributed by atoms with Crippen LogP contribution in [0.1, 0.15) is 33.1 Å². The number of carbonyl (C=O) groups excluding carboxylic acids is 2. The van der Waals surface area contributed by atoms with Crippen molar-refractivity contribution in [2.24, 2.45) is 17.6 Å². The fourth-order valence-electron chi connectivity index (χ4n) is 2.84. The molecule has 2 atom stereocenters. The van der Waals surface area contributed by atoms with E-state index in [1.54, 1.807) is 0 Å². The smallest absolute Gasteiger partial charge is 0.239 e. The first-order chi connectivity index (χ1) is 11.0. The molecule has 126 valence electrons.